The molecule has 1 aromatic heterocycles. The van der Waals surface area contributed by atoms with Gasteiger partial charge in [-0.25, -0.2) is 0 Å². The molecule has 0 atom stereocenters. The van der Waals surface area contributed by atoms with E-state index in [2.05, 4.69) is 21.8 Å². The monoisotopic (exact) mass is 405 g/mol. The lowest BCUT2D eigenvalue weighted by atomic mass is 10.2. The summed E-state index contributed by atoms with van der Waals surface area (Å²) in [6.45, 7) is 6.35. The van der Waals surface area contributed by atoms with Crippen LogP contribution in [0.3, 0.4) is 0 Å². The Morgan fingerprint density at radius 3 is 2.86 bits per heavy atom. The van der Waals surface area contributed by atoms with E-state index in [9.17, 15) is 4.79 Å². The number of hydrogen-bond acceptors (Lipinski definition) is 7. The molecule has 1 aliphatic rings. The number of piperazine rings is 1. The number of aliphatic carboxylic acids is 1. The van der Waals surface area contributed by atoms with Gasteiger partial charge in [0.1, 0.15) is 11.5 Å². The Labute approximate surface area is 169 Å². The van der Waals surface area contributed by atoms with Crippen LogP contribution in [0.25, 0.3) is 0 Å². The van der Waals surface area contributed by atoms with Gasteiger partial charge in [-0.05, 0) is 31.7 Å². The van der Waals surface area contributed by atoms with Crippen molar-refractivity contribution >= 4 is 23.7 Å². The second kappa shape index (κ2) is 9.84. The fraction of sp³-hybridized carbons (Fsp3) is 0.500. The molecule has 0 aliphatic carbocycles. The summed E-state index contributed by atoms with van der Waals surface area (Å²) in [6.07, 6.45) is 0.682. The van der Waals surface area contributed by atoms with Gasteiger partial charge in [0.15, 0.2) is 0 Å². The van der Waals surface area contributed by atoms with Crippen LogP contribution < -0.4 is 9.64 Å². The minimum atomic E-state index is -0.795. The highest BCUT2D eigenvalue weighted by Gasteiger charge is 2.20. The van der Waals surface area contributed by atoms with Crippen molar-refractivity contribution in [1.29, 1.82) is 0 Å². The highest BCUT2D eigenvalue weighted by Crippen LogP contribution is 2.21. The number of ether oxygens (including phenoxy) is 1. The number of rotatable bonds is 9. The van der Waals surface area contributed by atoms with Gasteiger partial charge in [-0.2, -0.15) is 4.98 Å². The van der Waals surface area contributed by atoms with E-state index >= 15 is 0 Å². The summed E-state index contributed by atoms with van der Waals surface area (Å²) in [6, 6.07) is 8.49. The number of aromatic nitrogens is 1. The zero-order chi connectivity index (χ0) is 19.9. The van der Waals surface area contributed by atoms with Crippen molar-refractivity contribution in [3.8, 4) is 5.75 Å². The Hall–Kier alpha value is -2.19. The molecule has 2 aromatic rings. The van der Waals surface area contributed by atoms with E-state index in [1.165, 1.54) is 11.8 Å². The molecule has 0 unspecified atom stereocenters. The van der Waals surface area contributed by atoms with Crippen molar-refractivity contribution in [2.24, 2.45) is 0 Å². The number of carboxylic acids is 1. The van der Waals surface area contributed by atoms with Gasteiger partial charge in [0.2, 0.25) is 0 Å². The lowest BCUT2D eigenvalue weighted by Gasteiger charge is -2.31. The third kappa shape index (κ3) is 5.90. The number of benzene rings is 1. The van der Waals surface area contributed by atoms with Gasteiger partial charge in [0, 0.05) is 38.4 Å². The van der Waals surface area contributed by atoms with Crippen LogP contribution in [-0.2, 0) is 17.0 Å². The molecular formula is C20H27N3O4S. The largest absolute Gasteiger partial charge is 0.493 e. The molecular weight excluding hydrogens is 378 g/mol. The first kappa shape index (κ1) is 20.5. The predicted octanol–water partition coefficient (Wildman–Crippen LogP) is 2.67. The Kier molecular flexibility index (Phi) is 7.22. The maximum atomic E-state index is 10.6. The fourth-order valence-electron chi connectivity index (χ4n) is 3.02. The number of hydrogen-bond donors (Lipinski definition) is 1. The van der Waals surface area contributed by atoms with Crippen molar-refractivity contribution in [1.82, 2.24) is 9.88 Å². The van der Waals surface area contributed by atoms with Crippen LogP contribution in [0, 0.1) is 6.92 Å². The van der Waals surface area contributed by atoms with Crippen molar-refractivity contribution in [3.05, 3.63) is 41.3 Å². The van der Waals surface area contributed by atoms with Gasteiger partial charge in [-0.1, -0.05) is 12.1 Å². The van der Waals surface area contributed by atoms with E-state index in [4.69, 9.17) is 14.3 Å². The molecule has 0 amide bonds. The number of carboxylic acid groups (broad SMARTS) is 1. The molecule has 0 saturated carbocycles. The average molecular weight is 406 g/mol. The quantitative estimate of drug-likeness (QED) is 0.682. The summed E-state index contributed by atoms with van der Waals surface area (Å²) < 4.78 is 11.7. The number of anilines is 1. The molecule has 8 heteroatoms. The zero-order valence-corrected chi connectivity index (χ0v) is 17.2. The van der Waals surface area contributed by atoms with Gasteiger partial charge in [0.05, 0.1) is 18.1 Å². The predicted molar refractivity (Wildman–Crippen MR) is 110 cm³/mol. The van der Waals surface area contributed by atoms with Gasteiger partial charge < -0.3 is 24.1 Å². The van der Waals surface area contributed by atoms with E-state index in [0.717, 1.165) is 48.9 Å². The third-order valence-electron chi connectivity index (χ3n) is 4.66. The van der Waals surface area contributed by atoms with Crippen LogP contribution in [0.15, 0.2) is 28.7 Å². The summed E-state index contributed by atoms with van der Waals surface area (Å²) in [4.78, 5) is 19.8. The Morgan fingerprint density at radius 2 is 2.11 bits per heavy atom. The van der Waals surface area contributed by atoms with Gasteiger partial charge in [-0.15, -0.1) is 11.8 Å². The Balaban J connectivity index is 1.49. The van der Waals surface area contributed by atoms with Crippen LogP contribution in [-0.4, -0.2) is 66.5 Å². The first-order valence-electron chi connectivity index (χ1n) is 9.42. The number of thioether (sulfide) groups is 1. The molecule has 1 aliphatic heterocycles. The van der Waals surface area contributed by atoms with Crippen LogP contribution in [0.2, 0.25) is 0 Å². The number of oxazole rings is 1. The maximum Gasteiger partial charge on any atom is 0.313 e. The number of nitrogens with zero attached hydrogens (tertiary/aromatic N) is 3. The minimum absolute atomic E-state index is 0.103. The highest BCUT2D eigenvalue weighted by atomic mass is 32.2. The summed E-state index contributed by atoms with van der Waals surface area (Å²) in [5.74, 6) is 1.59. The minimum Gasteiger partial charge on any atom is -0.493 e. The van der Waals surface area contributed by atoms with E-state index in [0.29, 0.717) is 24.8 Å². The van der Waals surface area contributed by atoms with E-state index < -0.39 is 5.97 Å². The SMILES string of the molecule is Cc1oc(N2CCN(C)CC2)nc1CCOc1cccc(CSCC(=O)O)c1. The smallest absolute Gasteiger partial charge is 0.313 e. The summed E-state index contributed by atoms with van der Waals surface area (Å²) in [7, 11) is 2.13. The first-order chi connectivity index (χ1) is 13.5. The molecule has 3 rings (SSSR count). The summed E-state index contributed by atoms with van der Waals surface area (Å²) in [5.41, 5.74) is 1.99. The molecule has 28 heavy (non-hydrogen) atoms. The molecule has 7 nitrogen and oxygen atoms in total. The number of aryl methyl sites for hydroxylation is 1. The topological polar surface area (TPSA) is 79.0 Å². The van der Waals surface area contributed by atoms with Crippen LogP contribution in [0.4, 0.5) is 6.01 Å². The van der Waals surface area contributed by atoms with Crippen molar-refractivity contribution < 1.29 is 19.1 Å². The molecule has 1 N–H and O–H groups in total. The average Bonchev–Trinajstić information content (AvgIpc) is 3.03. The Bertz CT molecular complexity index is 788. The van der Waals surface area contributed by atoms with E-state index in [-0.39, 0.29) is 5.75 Å². The molecule has 1 saturated heterocycles. The standard InChI is InChI=1S/C20H27N3O4S/c1-15-18(21-20(27-15)23-9-7-22(2)8-10-23)6-11-26-17-5-3-4-16(12-17)13-28-14-19(24)25/h3-5,12H,6-11,13-14H2,1-2H3,(H,24,25). The van der Waals surface area contributed by atoms with Crippen molar-refractivity contribution in [2.75, 3.05) is 50.5 Å². The fourth-order valence-corrected chi connectivity index (χ4v) is 3.72. The normalized spacial score (nSPS) is 15.0. The second-order valence-electron chi connectivity index (χ2n) is 6.92. The molecule has 0 radical (unpaired) electrons. The van der Waals surface area contributed by atoms with Gasteiger partial charge in [-0.3, -0.25) is 4.79 Å². The lowest BCUT2D eigenvalue weighted by molar-refractivity contribution is -0.133. The molecule has 0 bridgehead atoms. The molecule has 152 valence electrons. The van der Waals surface area contributed by atoms with Crippen LogP contribution in [0.5, 0.6) is 5.75 Å². The number of likely N-dealkylation sites (N-methyl/N-ethyl adjacent to an activating group) is 1. The van der Waals surface area contributed by atoms with Crippen molar-refractivity contribution in [3.63, 3.8) is 0 Å². The van der Waals surface area contributed by atoms with Crippen LogP contribution in [0.1, 0.15) is 17.0 Å². The lowest BCUT2D eigenvalue weighted by Crippen LogP contribution is -2.44. The molecule has 1 aromatic carbocycles. The van der Waals surface area contributed by atoms with Gasteiger partial charge in [0.25, 0.3) is 6.01 Å². The highest BCUT2D eigenvalue weighted by molar-refractivity contribution is 7.99. The van der Waals surface area contributed by atoms with E-state index in [1.54, 1.807) is 0 Å². The third-order valence-corrected chi connectivity index (χ3v) is 5.64. The zero-order valence-electron chi connectivity index (χ0n) is 16.4. The van der Waals surface area contributed by atoms with Crippen molar-refractivity contribution in [2.45, 2.75) is 19.1 Å². The van der Waals surface area contributed by atoms with E-state index in [1.807, 2.05) is 31.2 Å². The molecule has 0 spiro atoms. The molecule has 1 fully saturated rings. The number of carbonyl (C=O) groups is 1. The van der Waals surface area contributed by atoms with Gasteiger partial charge >= 0.3 is 5.97 Å². The summed E-state index contributed by atoms with van der Waals surface area (Å²) >= 11 is 1.38. The first-order valence-corrected chi connectivity index (χ1v) is 10.6. The molecule has 2 heterocycles. The van der Waals surface area contributed by atoms with Crippen LogP contribution >= 0.6 is 11.8 Å². The summed E-state index contributed by atoms with van der Waals surface area (Å²) in [5, 5.41) is 8.73. The Morgan fingerprint density at radius 1 is 1.32 bits per heavy atom. The second-order valence-corrected chi connectivity index (χ2v) is 7.91. The maximum absolute atomic E-state index is 10.6.